The van der Waals surface area contributed by atoms with Crippen LogP contribution in [0.2, 0.25) is 0 Å². The van der Waals surface area contributed by atoms with E-state index in [1.165, 1.54) is 11.8 Å². The first-order valence-electron chi connectivity index (χ1n) is 13.4. The number of nitrogens with one attached hydrogen (secondary N) is 2. The number of carboxylic acid groups (broad SMARTS) is 1. The van der Waals surface area contributed by atoms with E-state index >= 15 is 0 Å². The van der Waals surface area contributed by atoms with Crippen molar-refractivity contribution in [2.75, 3.05) is 12.3 Å². The number of hydrogen-bond donors (Lipinski definition) is 3. The molecular formula is C31H34N2O7S. The molecule has 9 nitrogen and oxygen atoms in total. The lowest BCUT2D eigenvalue weighted by atomic mass is 9.98. The van der Waals surface area contributed by atoms with Crippen LogP contribution in [0.15, 0.2) is 50.0 Å². The molecular weight excluding hydrogens is 544 g/mol. The van der Waals surface area contributed by atoms with Crippen LogP contribution in [0.4, 0.5) is 0 Å². The van der Waals surface area contributed by atoms with Gasteiger partial charge in [-0.1, -0.05) is 30.3 Å². The number of amides is 2. The minimum absolute atomic E-state index is 0.0687. The van der Waals surface area contributed by atoms with Crippen LogP contribution in [0.5, 0.6) is 0 Å². The fraction of sp³-hybridized carbons (Fsp3) is 0.355. The van der Waals surface area contributed by atoms with E-state index in [0.29, 0.717) is 28.2 Å². The Morgan fingerprint density at radius 2 is 1.63 bits per heavy atom. The molecule has 0 aliphatic rings. The second kappa shape index (κ2) is 13.1. The molecule has 0 saturated carbocycles. The molecule has 2 aromatic heterocycles. The topological polar surface area (TPSA) is 139 Å². The lowest BCUT2D eigenvalue weighted by Crippen LogP contribution is -2.49. The SMILES string of the molecule is Cc1oc2c(C)c3oc(=O)c(CC(=O)NC(CSCc4ccccc4)C(=O)NCCCC(=O)O)c(C)c3cc2c1C. The zero-order chi connectivity index (χ0) is 29.7. The summed E-state index contributed by atoms with van der Waals surface area (Å²) in [4.78, 5) is 49.9. The van der Waals surface area contributed by atoms with Crippen molar-refractivity contribution in [3.63, 3.8) is 0 Å². The van der Waals surface area contributed by atoms with Crippen LogP contribution in [0.1, 0.15) is 46.4 Å². The molecule has 0 bridgehead atoms. The Labute approximate surface area is 241 Å². The number of carbonyl (C=O) groups excluding carboxylic acids is 2. The van der Waals surface area contributed by atoms with Crippen LogP contribution >= 0.6 is 11.8 Å². The minimum Gasteiger partial charge on any atom is -0.481 e. The van der Waals surface area contributed by atoms with Gasteiger partial charge in [-0.3, -0.25) is 14.4 Å². The summed E-state index contributed by atoms with van der Waals surface area (Å²) >= 11 is 1.49. The molecule has 0 radical (unpaired) electrons. The maximum atomic E-state index is 13.2. The number of carboxylic acids is 1. The molecule has 41 heavy (non-hydrogen) atoms. The van der Waals surface area contributed by atoms with Gasteiger partial charge >= 0.3 is 11.6 Å². The van der Waals surface area contributed by atoms with Gasteiger partial charge in [0.1, 0.15) is 23.0 Å². The number of aliphatic carboxylic acids is 1. The zero-order valence-corrected chi connectivity index (χ0v) is 24.4. The summed E-state index contributed by atoms with van der Waals surface area (Å²) in [6.45, 7) is 7.66. The summed E-state index contributed by atoms with van der Waals surface area (Å²) < 4.78 is 11.6. The van der Waals surface area contributed by atoms with Crippen LogP contribution in [-0.2, 0) is 26.6 Å². The summed E-state index contributed by atoms with van der Waals surface area (Å²) in [5.41, 5.74) is 4.16. The standard InChI is InChI=1S/C31H34N2O7S/c1-17-20(4)39-28-19(3)29-23(13-22(17)28)18(2)24(31(38)40-29)14-26(34)33-25(30(37)32-12-8-11-27(35)36)16-41-15-21-9-6-5-7-10-21/h5-7,9-10,13,25H,8,11-12,14-16H2,1-4H3,(H,32,37)(H,33,34)(H,35,36). The van der Waals surface area contributed by atoms with E-state index in [-0.39, 0.29) is 31.4 Å². The first-order chi connectivity index (χ1) is 19.6. The van der Waals surface area contributed by atoms with E-state index < -0.39 is 29.5 Å². The number of furan rings is 1. The van der Waals surface area contributed by atoms with Crippen molar-refractivity contribution in [2.24, 2.45) is 0 Å². The summed E-state index contributed by atoms with van der Waals surface area (Å²) in [6.07, 6.45) is -0.0456. The molecule has 2 heterocycles. The van der Waals surface area contributed by atoms with Gasteiger partial charge in [-0.05, 0) is 56.9 Å². The van der Waals surface area contributed by atoms with Gasteiger partial charge in [0.05, 0.1) is 12.0 Å². The molecule has 0 spiro atoms. The number of carbonyl (C=O) groups is 3. The summed E-state index contributed by atoms with van der Waals surface area (Å²) in [5.74, 6) is -0.105. The highest BCUT2D eigenvalue weighted by molar-refractivity contribution is 7.98. The minimum atomic E-state index is -0.943. The van der Waals surface area contributed by atoms with E-state index in [4.69, 9.17) is 13.9 Å². The average molecular weight is 579 g/mol. The van der Waals surface area contributed by atoms with Crippen molar-refractivity contribution < 1.29 is 28.3 Å². The average Bonchev–Trinajstić information content (AvgIpc) is 3.23. The van der Waals surface area contributed by atoms with E-state index in [1.54, 1.807) is 6.92 Å². The summed E-state index contributed by atoms with van der Waals surface area (Å²) in [5, 5.41) is 16.0. The van der Waals surface area contributed by atoms with Gasteiger partial charge in [0, 0.05) is 40.8 Å². The van der Waals surface area contributed by atoms with Crippen LogP contribution in [0, 0.1) is 27.7 Å². The van der Waals surface area contributed by atoms with Gasteiger partial charge in [0.15, 0.2) is 0 Å². The van der Waals surface area contributed by atoms with Gasteiger partial charge < -0.3 is 24.6 Å². The smallest absolute Gasteiger partial charge is 0.340 e. The molecule has 3 N–H and O–H groups in total. The lowest BCUT2D eigenvalue weighted by molar-refractivity contribution is -0.137. The number of benzene rings is 2. The third-order valence-electron chi connectivity index (χ3n) is 7.20. The molecule has 2 amide bonds. The molecule has 1 atom stereocenters. The predicted molar refractivity (Wildman–Crippen MR) is 159 cm³/mol. The van der Waals surface area contributed by atoms with Gasteiger partial charge in [-0.2, -0.15) is 11.8 Å². The third-order valence-corrected chi connectivity index (χ3v) is 8.30. The van der Waals surface area contributed by atoms with Gasteiger partial charge in [-0.15, -0.1) is 0 Å². The highest BCUT2D eigenvalue weighted by atomic mass is 32.2. The molecule has 4 rings (SSSR count). The van der Waals surface area contributed by atoms with Crippen LogP contribution in [0.3, 0.4) is 0 Å². The van der Waals surface area contributed by atoms with Crippen molar-refractivity contribution in [3.8, 4) is 0 Å². The first kappa shape index (κ1) is 29.9. The number of aryl methyl sites for hydroxylation is 4. The van der Waals surface area contributed by atoms with Gasteiger partial charge in [0.25, 0.3) is 0 Å². The predicted octanol–water partition coefficient (Wildman–Crippen LogP) is 4.71. The fourth-order valence-electron chi connectivity index (χ4n) is 4.73. The van der Waals surface area contributed by atoms with Crippen molar-refractivity contribution in [3.05, 3.63) is 80.4 Å². The Morgan fingerprint density at radius 3 is 2.34 bits per heavy atom. The van der Waals surface area contributed by atoms with Crippen molar-refractivity contribution >= 4 is 51.5 Å². The Morgan fingerprint density at radius 1 is 0.951 bits per heavy atom. The van der Waals surface area contributed by atoms with E-state index in [2.05, 4.69) is 10.6 Å². The van der Waals surface area contributed by atoms with Crippen LogP contribution in [0.25, 0.3) is 21.9 Å². The molecule has 0 aliphatic heterocycles. The normalized spacial score (nSPS) is 12.0. The molecule has 10 heteroatoms. The Hall–Kier alpha value is -4.05. The number of fused-ring (bicyclic) bond motifs is 2. The molecule has 4 aromatic rings. The monoisotopic (exact) mass is 578 g/mol. The molecule has 0 aliphatic carbocycles. The highest BCUT2D eigenvalue weighted by Gasteiger charge is 2.24. The molecule has 1 unspecified atom stereocenters. The zero-order valence-electron chi connectivity index (χ0n) is 23.6. The highest BCUT2D eigenvalue weighted by Crippen LogP contribution is 2.34. The van der Waals surface area contributed by atoms with Crippen LogP contribution < -0.4 is 16.3 Å². The second-order valence-electron chi connectivity index (χ2n) is 10.1. The maximum absolute atomic E-state index is 13.2. The van der Waals surface area contributed by atoms with Gasteiger partial charge in [0.2, 0.25) is 11.8 Å². The quantitative estimate of drug-likeness (QED) is 0.162. The van der Waals surface area contributed by atoms with Crippen LogP contribution in [-0.4, -0.2) is 41.2 Å². The van der Waals surface area contributed by atoms with Gasteiger partial charge in [-0.25, -0.2) is 4.79 Å². The van der Waals surface area contributed by atoms with Crippen molar-refractivity contribution in [2.45, 2.75) is 58.8 Å². The number of thioether (sulfide) groups is 1. The van der Waals surface area contributed by atoms with E-state index in [9.17, 15) is 19.2 Å². The third kappa shape index (κ3) is 7.00. The second-order valence-corrected chi connectivity index (χ2v) is 11.1. The Balaban J connectivity index is 1.53. The number of hydrogen-bond acceptors (Lipinski definition) is 7. The Bertz CT molecular complexity index is 1660. The molecule has 0 saturated heterocycles. The lowest BCUT2D eigenvalue weighted by Gasteiger charge is -2.19. The number of rotatable bonds is 12. The van der Waals surface area contributed by atoms with Crippen molar-refractivity contribution in [1.29, 1.82) is 0 Å². The fourth-order valence-corrected chi connectivity index (χ4v) is 5.75. The molecule has 2 aromatic carbocycles. The summed E-state index contributed by atoms with van der Waals surface area (Å²) in [6, 6.07) is 10.8. The molecule has 216 valence electrons. The van der Waals surface area contributed by atoms with E-state index in [1.807, 2.05) is 57.2 Å². The largest absolute Gasteiger partial charge is 0.481 e. The molecule has 0 fully saturated rings. The Kier molecular flexibility index (Phi) is 9.54. The maximum Gasteiger partial charge on any atom is 0.340 e. The summed E-state index contributed by atoms with van der Waals surface area (Å²) in [7, 11) is 0. The van der Waals surface area contributed by atoms with E-state index in [0.717, 1.165) is 33.2 Å². The first-order valence-corrected chi connectivity index (χ1v) is 14.6. The van der Waals surface area contributed by atoms with Crippen molar-refractivity contribution in [1.82, 2.24) is 10.6 Å².